The van der Waals surface area contributed by atoms with E-state index in [1.807, 2.05) is 31.2 Å². The fraction of sp³-hybridized carbons (Fsp3) is 0.188. The van der Waals surface area contributed by atoms with Crippen molar-refractivity contribution < 1.29 is 9.18 Å². The molecular formula is C16H16BrFN2O. The van der Waals surface area contributed by atoms with Gasteiger partial charge in [-0.15, -0.1) is 0 Å². The first-order valence-electron chi connectivity index (χ1n) is 6.52. The van der Waals surface area contributed by atoms with Crippen LogP contribution in [0.5, 0.6) is 0 Å². The van der Waals surface area contributed by atoms with Gasteiger partial charge < -0.3 is 10.6 Å². The molecule has 0 unspecified atom stereocenters. The maximum absolute atomic E-state index is 13.3. The van der Waals surface area contributed by atoms with Gasteiger partial charge in [-0.2, -0.15) is 0 Å². The molecule has 110 valence electrons. The van der Waals surface area contributed by atoms with E-state index in [4.69, 9.17) is 0 Å². The predicted molar refractivity (Wildman–Crippen MR) is 87.1 cm³/mol. The van der Waals surface area contributed by atoms with Crippen LogP contribution in [0.15, 0.2) is 40.9 Å². The molecule has 0 saturated heterocycles. The molecule has 3 nitrogen and oxygen atoms in total. The lowest BCUT2D eigenvalue weighted by atomic mass is 10.2. The second-order valence-electron chi connectivity index (χ2n) is 4.85. The minimum absolute atomic E-state index is 0.118. The fourth-order valence-corrected chi connectivity index (χ4v) is 2.28. The van der Waals surface area contributed by atoms with Gasteiger partial charge in [0.1, 0.15) is 5.82 Å². The molecule has 0 aromatic heterocycles. The van der Waals surface area contributed by atoms with E-state index in [2.05, 4.69) is 26.6 Å². The Balaban J connectivity index is 1.97. The van der Waals surface area contributed by atoms with Crippen LogP contribution >= 0.6 is 15.9 Å². The molecule has 2 aromatic carbocycles. The molecule has 0 spiro atoms. The number of rotatable bonds is 4. The van der Waals surface area contributed by atoms with Crippen LogP contribution in [0.3, 0.4) is 0 Å². The van der Waals surface area contributed by atoms with Crippen molar-refractivity contribution in [2.24, 2.45) is 0 Å². The van der Waals surface area contributed by atoms with Gasteiger partial charge in [-0.1, -0.05) is 12.1 Å². The molecular weight excluding hydrogens is 335 g/mol. The van der Waals surface area contributed by atoms with Crippen molar-refractivity contribution in [1.29, 1.82) is 0 Å². The highest BCUT2D eigenvalue weighted by molar-refractivity contribution is 9.10. The fourth-order valence-electron chi connectivity index (χ4n) is 1.94. The van der Waals surface area contributed by atoms with Gasteiger partial charge in [-0.25, -0.2) is 4.39 Å². The zero-order chi connectivity index (χ0) is 15.4. The summed E-state index contributed by atoms with van der Waals surface area (Å²) in [5.41, 5.74) is 3.32. The van der Waals surface area contributed by atoms with Gasteiger partial charge in [0.15, 0.2) is 0 Å². The average Bonchev–Trinajstić information content (AvgIpc) is 2.41. The Hall–Kier alpha value is -1.88. The second-order valence-corrected chi connectivity index (χ2v) is 5.71. The number of carbonyl (C=O) groups is 1. The summed E-state index contributed by atoms with van der Waals surface area (Å²) in [7, 11) is 0. The summed E-state index contributed by atoms with van der Waals surface area (Å²) in [6, 6.07) is 10.6. The van der Waals surface area contributed by atoms with Crippen molar-refractivity contribution >= 4 is 33.2 Å². The third-order valence-electron chi connectivity index (χ3n) is 3.01. The Labute approximate surface area is 131 Å². The molecule has 1 amide bonds. The van der Waals surface area contributed by atoms with Crippen molar-refractivity contribution in [3.63, 3.8) is 0 Å². The molecule has 0 heterocycles. The van der Waals surface area contributed by atoms with Gasteiger partial charge in [0.05, 0.1) is 11.0 Å². The van der Waals surface area contributed by atoms with Crippen LogP contribution in [0.25, 0.3) is 0 Å². The Bertz CT molecular complexity index is 673. The van der Waals surface area contributed by atoms with E-state index in [1.165, 1.54) is 6.07 Å². The molecule has 0 aliphatic heterocycles. The summed E-state index contributed by atoms with van der Waals surface area (Å²) in [5, 5.41) is 5.82. The highest BCUT2D eigenvalue weighted by Crippen LogP contribution is 2.24. The van der Waals surface area contributed by atoms with Crippen molar-refractivity contribution in [3.8, 4) is 0 Å². The molecule has 0 aliphatic rings. The highest BCUT2D eigenvalue weighted by atomic mass is 79.9. The van der Waals surface area contributed by atoms with E-state index in [1.54, 1.807) is 13.0 Å². The lowest BCUT2D eigenvalue weighted by molar-refractivity contribution is -0.114. The Kier molecular flexibility index (Phi) is 4.96. The molecule has 2 N–H and O–H groups in total. The van der Waals surface area contributed by atoms with Crippen LogP contribution in [0.4, 0.5) is 15.8 Å². The van der Waals surface area contributed by atoms with Crippen molar-refractivity contribution in [3.05, 3.63) is 57.8 Å². The number of amides is 1. The summed E-state index contributed by atoms with van der Waals surface area (Å²) in [6.07, 6.45) is 0. The SMILES string of the molecule is Cc1cccc(NC(=O)CNc2cc(Br)c(F)cc2C)c1. The molecule has 0 radical (unpaired) electrons. The van der Waals surface area contributed by atoms with E-state index < -0.39 is 0 Å². The van der Waals surface area contributed by atoms with E-state index in [-0.39, 0.29) is 18.3 Å². The minimum Gasteiger partial charge on any atom is -0.376 e. The summed E-state index contributed by atoms with van der Waals surface area (Å²) in [5.74, 6) is -0.470. The number of anilines is 2. The van der Waals surface area contributed by atoms with Crippen molar-refractivity contribution in [2.45, 2.75) is 13.8 Å². The zero-order valence-corrected chi connectivity index (χ0v) is 13.4. The topological polar surface area (TPSA) is 41.1 Å². The number of hydrogen-bond acceptors (Lipinski definition) is 2. The normalized spacial score (nSPS) is 10.3. The number of nitrogens with one attached hydrogen (secondary N) is 2. The largest absolute Gasteiger partial charge is 0.376 e. The van der Waals surface area contributed by atoms with Gasteiger partial charge >= 0.3 is 0 Å². The van der Waals surface area contributed by atoms with Crippen LogP contribution in [-0.4, -0.2) is 12.5 Å². The lowest BCUT2D eigenvalue weighted by Gasteiger charge is -2.11. The van der Waals surface area contributed by atoms with E-state index in [0.717, 1.165) is 22.5 Å². The number of carbonyl (C=O) groups excluding carboxylic acids is 1. The average molecular weight is 351 g/mol. The Morgan fingerprint density at radius 1 is 1.24 bits per heavy atom. The zero-order valence-electron chi connectivity index (χ0n) is 11.8. The number of halogens is 2. The van der Waals surface area contributed by atoms with Gasteiger partial charge in [-0.05, 0) is 65.2 Å². The summed E-state index contributed by atoms with van der Waals surface area (Å²) < 4.78 is 13.7. The Morgan fingerprint density at radius 2 is 2.00 bits per heavy atom. The van der Waals surface area contributed by atoms with Gasteiger partial charge in [0, 0.05) is 11.4 Å². The summed E-state index contributed by atoms with van der Waals surface area (Å²) in [6.45, 7) is 3.87. The molecule has 0 fully saturated rings. The molecule has 0 atom stereocenters. The maximum atomic E-state index is 13.3. The smallest absolute Gasteiger partial charge is 0.243 e. The monoisotopic (exact) mass is 350 g/mol. The molecule has 2 aromatic rings. The van der Waals surface area contributed by atoms with Gasteiger partial charge in [0.2, 0.25) is 5.91 Å². The van der Waals surface area contributed by atoms with Crippen LogP contribution in [0, 0.1) is 19.7 Å². The molecule has 2 rings (SSSR count). The number of hydrogen-bond donors (Lipinski definition) is 2. The predicted octanol–water partition coefficient (Wildman–Crippen LogP) is 4.26. The quantitative estimate of drug-likeness (QED) is 0.864. The highest BCUT2D eigenvalue weighted by Gasteiger charge is 2.07. The molecule has 5 heteroatoms. The second kappa shape index (κ2) is 6.72. The van der Waals surface area contributed by atoms with Gasteiger partial charge in [0.25, 0.3) is 0 Å². The lowest BCUT2D eigenvalue weighted by Crippen LogP contribution is -2.22. The van der Waals surface area contributed by atoms with Crippen molar-refractivity contribution in [2.75, 3.05) is 17.2 Å². The molecule has 21 heavy (non-hydrogen) atoms. The van der Waals surface area contributed by atoms with Crippen LogP contribution < -0.4 is 10.6 Å². The first-order chi connectivity index (χ1) is 9.95. The third-order valence-corrected chi connectivity index (χ3v) is 3.62. The minimum atomic E-state index is -0.317. The maximum Gasteiger partial charge on any atom is 0.243 e. The third kappa shape index (κ3) is 4.29. The van der Waals surface area contributed by atoms with Crippen LogP contribution in [0.1, 0.15) is 11.1 Å². The molecule has 0 aliphatic carbocycles. The number of aryl methyl sites for hydroxylation is 2. The van der Waals surface area contributed by atoms with E-state index >= 15 is 0 Å². The first kappa shape index (κ1) is 15.5. The van der Waals surface area contributed by atoms with Crippen molar-refractivity contribution in [1.82, 2.24) is 0 Å². The molecule has 0 saturated carbocycles. The summed E-state index contributed by atoms with van der Waals surface area (Å²) >= 11 is 3.13. The number of benzene rings is 2. The van der Waals surface area contributed by atoms with E-state index in [0.29, 0.717) is 4.47 Å². The Morgan fingerprint density at radius 3 is 2.71 bits per heavy atom. The standard InChI is InChI=1S/C16H16BrFN2O/c1-10-4-3-5-12(6-10)20-16(21)9-19-15-8-13(17)14(18)7-11(15)2/h3-8,19H,9H2,1-2H3,(H,20,21). The van der Waals surface area contributed by atoms with Crippen LogP contribution in [0.2, 0.25) is 0 Å². The van der Waals surface area contributed by atoms with Crippen LogP contribution in [-0.2, 0) is 4.79 Å². The van der Waals surface area contributed by atoms with E-state index in [9.17, 15) is 9.18 Å². The molecule has 0 bridgehead atoms. The first-order valence-corrected chi connectivity index (χ1v) is 7.31. The summed E-state index contributed by atoms with van der Waals surface area (Å²) in [4.78, 5) is 11.9. The van der Waals surface area contributed by atoms with Gasteiger partial charge in [-0.3, -0.25) is 4.79 Å².